The van der Waals surface area contributed by atoms with Crippen molar-refractivity contribution in [1.82, 2.24) is 10.3 Å². The van der Waals surface area contributed by atoms with Crippen LogP contribution < -0.4 is 5.32 Å². The Morgan fingerprint density at radius 1 is 1.21 bits per heavy atom. The molecule has 7 rings (SSSR count). The Bertz CT molecular complexity index is 1490. The van der Waals surface area contributed by atoms with Gasteiger partial charge in [-0.05, 0) is 79.3 Å². The second-order valence-electron chi connectivity index (χ2n) is 13.1. The summed E-state index contributed by atoms with van der Waals surface area (Å²) in [4.78, 5) is 16.6. The molecule has 3 fully saturated rings. The molecular weight excluding hydrogens is 486 g/mol. The fourth-order valence-electron chi connectivity index (χ4n) is 8.51. The molecule has 4 aliphatic rings. The molecule has 1 aromatic heterocycles. The predicted molar refractivity (Wildman–Crippen MR) is 153 cm³/mol. The molecule has 2 bridgehead atoms. The maximum atomic E-state index is 13.4. The summed E-state index contributed by atoms with van der Waals surface area (Å²) in [5.41, 5.74) is 4.10. The number of quaternary nitrogens is 1. The zero-order valence-electron chi connectivity index (χ0n) is 22.9. The smallest absolute Gasteiger partial charge is 0.255 e. The van der Waals surface area contributed by atoms with Crippen LogP contribution in [0, 0.1) is 5.92 Å². The summed E-state index contributed by atoms with van der Waals surface area (Å²) in [6, 6.07) is 12.3. The van der Waals surface area contributed by atoms with Crippen molar-refractivity contribution in [3.8, 4) is 5.75 Å². The molecule has 204 valence electrons. The van der Waals surface area contributed by atoms with Gasteiger partial charge in [0.05, 0.1) is 25.7 Å². The maximum Gasteiger partial charge on any atom is 0.255 e. The van der Waals surface area contributed by atoms with Crippen LogP contribution in [0.5, 0.6) is 5.75 Å². The second-order valence-corrected chi connectivity index (χ2v) is 13.1. The summed E-state index contributed by atoms with van der Waals surface area (Å²) < 4.78 is 0.909. The van der Waals surface area contributed by atoms with Crippen molar-refractivity contribution in [3.05, 3.63) is 77.0 Å². The molecule has 39 heavy (non-hydrogen) atoms. The van der Waals surface area contributed by atoms with Gasteiger partial charge in [0.15, 0.2) is 0 Å². The lowest BCUT2D eigenvalue weighted by atomic mass is 9.48. The molecule has 1 aliphatic heterocycles. The minimum absolute atomic E-state index is 0.0589. The molecule has 1 amide bonds. The average molecular weight is 527 g/mol. The van der Waals surface area contributed by atoms with Crippen LogP contribution in [0.4, 0.5) is 0 Å². The number of aromatic amines is 1. The molecule has 2 heterocycles. The average Bonchev–Trinajstić information content (AvgIpc) is 3.59. The highest BCUT2D eigenvalue weighted by Crippen LogP contribution is 2.62. The van der Waals surface area contributed by atoms with Crippen molar-refractivity contribution in [2.45, 2.75) is 68.4 Å². The Hall–Kier alpha value is -3.09. The number of carbonyl (C=O) groups excluding carboxylic acids is 1. The first-order valence-electron chi connectivity index (χ1n) is 14.7. The number of carbonyl (C=O) groups is 1. The summed E-state index contributed by atoms with van der Waals surface area (Å²) in [7, 11) is 2.34. The van der Waals surface area contributed by atoms with Gasteiger partial charge in [0, 0.05) is 48.0 Å². The first kappa shape index (κ1) is 24.9. The Balaban J connectivity index is 1.19. The van der Waals surface area contributed by atoms with Gasteiger partial charge in [-0.1, -0.05) is 24.3 Å². The first-order chi connectivity index (χ1) is 18.7. The van der Waals surface area contributed by atoms with Crippen molar-refractivity contribution in [2.24, 2.45) is 5.92 Å². The molecule has 3 aromatic rings. The van der Waals surface area contributed by atoms with Gasteiger partial charge in [-0.3, -0.25) is 4.79 Å². The SMILES string of the molecule is C=C1CC[C@@]2(O)[C@H]3Cc4ccc(C(=O)NCCc5ccc6[nH]ccc6c5)c(O)c4[C@@]2(CC[N+]3(C)CC2CC2)C1. The number of benzene rings is 2. The molecule has 0 radical (unpaired) electrons. The quantitative estimate of drug-likeness (QED) is 0.277. The second kappa shape index (κ2) is 8.70. The molecule has 2 aromatic carbocycles. The normalized spacial score (nSPS) is 31.5. The largest absolute Gasteiger partial charge is 0.507 e. The van der Waals surface area contributed by atoms with E-state index in [1.165, 1.54) is 12.8 Å². The van der Waals surface area contributed by atoms with Crippen LogP contribution in [-0.4, -0.2) is 63.9 Å². The number of aliphatic hydroxyl groups is 1. The van der Waals surface area contributed by atoms with E-state index in [1.54, 1.807) is 6.07 Å². The Kier molecular flexibility index (Phi) is 5.56. The fourth-order valence-corrected chi connectivity index (χ4v) is 8.51. The number of nitrogens with one attached hydrogen (secondary N) is 2. The number of aromatic hydroxyl groups is 1. The van der Waals surface area contributed by atoms with Gasteiger partial charge in [0.25, 0.3) is 5.91 Å². The number of aromatic nitrogens is 1. The number of phenolic OH excluding ortho intramolecular Hbond substituents is 1. The zero-order valence-corrected chi connectivity index (χ0v) is 22.9. The lowest BCUT2D eigenvalue weighted by Gasteiger charge is -2.65. The monoisotopic (exact) mass is 526 g/mol. The number of phenols is 1. The number of rotatable bonds is 6. The summed E-state index contributed by atoms with van der Waals surface area (Å²) in [6.07, 6.45) is 8.96. The molecule has 2 saturated carbocycles. The van der Waals surface area contributed by atoms with Crippen LogP contribution in [0.1, 0.15) is 65.6 Å². The van der Waals surface area contributed by atoms with E-state index >= 15 is 0 Å². The highest BCUT2D eigenvalue weighted by Gasteiger charge is 2.69. The van der Waals surface area contributed by atoms with E-state index in [4.69, 9.17) is 0 Å². The van der Waals surface area contributed by atoms with E-state index in [0.717, 1.165) is 75.9 Å². The van der Waals surface area contributed by atoms with E-state index in [9.17, 15) is 15.0 Å². The number of likely N-dealkylation sites (tertiary alicyclic amines) is 1. The minimum Gasteiger partial charge on any atom is -0.507 e. The zero-order chi connectivity index (χ0) is 27.0. The molecule has 3 aliphatic carbocycles. The van der Waals surface area contributed by atoms with Crippen molar-refractivity contribution in [3.63, 3.8) is 0 Å². The summed E-state index contributed by atoms with van der Waals surface area (Å²) in [5, 5.41) is 28.5. The standard InChI is InChI=1S/C33H39N3O3/c1-21-9-12-33(39)28-18-25-6-7-26(31(38)35-14-10-22-5-8-27-24(17-22)11-15-34-27)30(37)29(25)32(33,19-21)13-16-36(28,2)20-23-3-4-23/h5-8,11,15,17,23,28,34,39H,1,3-4,9-10,12-14,16,18-20H2,2H3,(H-,35,37,38)/p+1/t28-,32-,33-,36?/m1/s1. The Morgan fingerprint density at radius 2 is 2.05 bits per heavy atom. The van der Waals surface area contributed by atoms with Crippen molar-refractivity contribution in [1.29, 1.82) is 0 Å². The molecular formula is C33H40N3O3+. The molecule has 1 unspecified atom stereocenters. The topological polar surface area (TPSA) is 85.4 Å². The first-order valence-corrected chi connectivity index (χ1v) is 14.7. The summed E-state index contributed by atoms with van der Waals surface area (Å²) in [6.45, 7) is 6.93. The highest BCUT2D eigenvalue weighted by molar-refractivity contribution is 5.97. The van der Waals surface area contributed by atoms with Gasteiger partial charge in [-0.25, -0.2) is 0 Å². The number of hydrogen-bond acceptors (Lipinski definition) is 3. The van der Waals surface area contributed by atoms with Crippen molar-refractivity contribution < 1.29 is 19.5 Å². The molecule has 4 atom stereocenters. The number of fused-ring (bicyclic) bond motifs is 2. The minimum atomic E-state index is -0.910. The number of nitrogens with zero attached hydrogens (tertiary/aromatic N) is 1. The summed E-state index contributed by atoms with van der Waals surface area (Å²) in [5.74, 6) is 0.568. The molecule has 1 saturated heterocycles. The van der Waals surface area contributed by atoms with E-state index in [2.05, 4.69) is 42.1 Å². The van der Waals surface area contributed by atoms with Gasteiger partial charge in [-0.15, -0.1) is 0 Å². The van der Waals surface area contributed by atoms with E-state index in [-0.39, 0.29) is 17.7 Å². The number of amides is 1. The molecule has 0 spiro atoms. The third kappa shape index (κ3) is 3.79. The van der Waals surface area contributed by atoms with Crippen LogP contribution in [0.2, 0.25) is 0 Å². The van der Waals surface area contributed by atoms with Gasteiger partial charge >= 0.3 is 0 Å². The van der Waals surface area contributed by atoms with Crippen LogP contribution in [0.3, 0.4) is 0 Å². The number of likely N-dealkylation sites (N-methyl/N-ethyl adjacent to an activating group) is 1. The van der Waals surface area contributed by atoms with Crippen LogP contribution in [-0.2, 0) is 18.3 Å². The molecule has 6 heteroatoms. The van der Waals surface area contributed by atoms with Crippen LogP contribution in [0.25, 0.3) is 10.9 Å². The Labute approximate surface area is 230 Å². The summed E-state index contributed by atoms with van der Waals surface area (Å²) >= 11 is 0. The third-order valence-electron chi connectivity index (χ3n) is 10.7. The predicted octanol–water partition coefficient (Wildman–Crippen LogP) is 4.74. The van der Waals surface area contributed by atoms with Crippen molar-refractivity contribution in [2.75, 3.05) is 26.7 Å². The van der Waals surface area contributed by atoms with E-state index in [0.29, 0.717) is 31.4 Å². The fraction of sp³-hybridized carbons (Fsp3) is 0.485. The van der Waals surface area contributed by atoms with E-state index in [1.807, 2.05) is 18.3 Å². The van der Waals surface area contributed by atoms with Crippen molar-refractivity contribution >= 4 is 16.8 Å². The third-order valence-corrected chi connectivity index (χ3v) is 10.7. The lowest BCUT2D eigenvalue weighted by molar-refractivity contribution is -0.950. The lowest BCUT2D eigenvalue weighted by Crippen LogP contribution is -2.78. The highest BCUT2D eigenvalue weighted by atomic mass is 16.3. The Morgan fingerprint density at radius 3 is 2.87 bits per heavy atom. The molecule has 4 N–H and O–H groups in total. The van der Waals surface area contributed by atoms with Crippen LogP contribution >= 0.6 is 0 Å². The van der Waals surface area contributed by atoms with Gasteiger partial charge in [-0.2, -0.15) is 0 Å². The number of hydrogen-bond donors (Lipinski definition) is 4. The number of H-pyrrole nitrogens is 1. The number of allylic oxidation sites excluding steroid dienone is 1. The number of piperidine rings is 1. The van der Waals surface area contributed by atoms with Gasteiger partial charge in [0.1, 0.15) is 17.4 Å². The van der Waals surface area contributed by atoms with Gasteiger partial charge in [0.2, 0.25) is 0 Å². The molecule has 6 nitrogen and oxygen atoms in total. The van der Waals surface area contributed by atoms with E-state index < -0.39 is 11.0 Å². The maximum absolute atomic E-state index is 13.4. The van der Waals surface area contributed by atoms with Gasteiger partial charge < -0.3 is 25.0 Å². The van der Waals surface area contributed by atoms with Crippen LogP contribution in [0.15, 0.2) is 54.7 Å².